The lowest BCUT2D eigenvalue weighted by Crippen LogP contribution is -2.20. The van der Waals surface area contributed by atoms with E-state index in [1.54, 1.807) is 6.07 Å². The van der Waals surface area contributed by atoms with Crippen molar-refractivity contribution in [1.29, 1.82) is 0 Å². The van der Waals surface area contributed by atoms with Gasteiger partial charge in [0, 0.05) is 8.95 Å². The Labute approximate surface area is 101 Å². The molecule has 1 aliphatic heterocycles. The maximum absolute atomic E-state index is 5.98. The van der Waals surface area contributed by atoms with Gasteiger partial charge in [-0.1, -0.05) is 45.8 Å². The SMILES string of the molecule is Clc1cc(Cl)c2c(c1)C[C@@H](I)CO2. The van der Waals surface area contributed by atoms with Crippen LogP contribution in [0.25, 0.3) is 0 Å². The van der Waals surface area contributed by atoms with Crippen molar-refractivity contribution < 1.29 is 4.74 Å². The summed E-state index contributed by atoms with van der Waals surface area (Å²) in [4.78, 5) is 0. The fourth-order valence-corrected chi connectivity index (χ4v) is 2.64. The largest absolute Gasteiger partial charge is 0.491 e. The average Bonchev–Trinajstić information content (AvgIpc) is 2.02. The highest BCUT2D eigenvalue weighted by Gasteiger charge is 2.20. The molecule has 0 fully saturated rings. The third kappa shape index (κ3) is 2.05. The summed E-state index contributed by atoms with van der Waals surface area (Å²) in [6.45, 7) is 0.731. The number of hydrogen-bond donors (Lipinski definition) is 0. The first-order chi connectivity index (χ1) is 6.16. The van der Waals surface area contributed by atoms with Gasteiger partial charge in [-0.25, -0.2) is 0 Å². The van der Waals surface area contributed by atoms with Crippen LogP contribution in [0.2, 0.25) is 10.0 Å². The van der Waals surface area contributed by atoms with Crippen LogP contribution in [0.15, 0.2) is 12.1 Å². The lowest BCUT2D eigenvalue weighted by atomic mass is 10.1. The quantitative estimate of drug-likeness (QED) is 0.521. The van der Waals surface area contributed by atoms with Crippen LogP contribution in [0.3, 0.4) is 0 Å². The molecule has 0 saturated carbocycles. The summed E-state index contributed by atoms with van der Waals surface area (Å²) in [5.74, 6) is 0.805. The highest BCUT2D eigenvalue weighted by molar-refractivity contribution is 14.1. The highest BCUT2D eigenvalue weighted by atomic mass is 127. The first-order valence-electron chi connectivity index (χ1n) is 3.91. The van der Waals surface area contributed by atoms with Crippen molar-refractivity contribution in [3.05, 3.63) is 27.7 Å². The molecular weight excluding hydrogens is 322 g/mol. The molecule has 0 unspecified atom stereocenters. The third-order valence-corrected chi connectivity index (χ3v) is 3.23. The summed E-state index contributed by atoms with van der Waals surface area (Å²) in [5.41, 5.74) is 1.11. The fourth-order valence-electron chi connectivity index (χ4n) is 1.40. The van der Waals surface area contributed by atoms with E-state index in [-0.39, 0.29) is 0 Å². The normalized spacial score (nSPS) is 20.7. The maximum Gasteiger partial charge on any atom is 0.141 e. The Bertz CT molecular complexity index is 341. The van der Waals surface area contributed by atoms with E-state index in [0.717, 1.165) is 24.3 Å². The molecule has 1 aromatic rings. The lowest BCUT2D eigenvalue weighted by molar-refractivity contribution is 0.299. The van der Waals surface area contributed by atoms with Crippen LogP contribution >= 0.6 is 45.8 Å². The Morgan fingerprint density at radius 3 is 2.92 bits per heavy atom. The monoisotopic (exact) mass is 328 g/mol. The van der Waals surface area contributed by atoms with E-state index >= 15 is 0 Å². The Kier molecular flexibility index (Phi) is 2.91. The molecule has 1 aliphatic rings. The van der Waals surface area contributed by atoms with Gasteiger partial charge in [-0.2, -0.15) is 0 Å². The molecule has 70 valence electrons. The van der Waals surface area contributed by atoms with Crippen LogP contribution in [0.5, 0.6) is 5.75 Å². The van der Waals surface area contributed by atoms with Gasteiger partial charge in [0.2, 0.25) is 0 Å². The zero-order chi connectivity index (χ0) is 9.42. The van der Waals surface area contributed by atoms with Crippen LogP contribution in [-0.4, -0.2) is 10.5 Å². The highest BCUT2D eigenvalue weighted by Crippen LogP contribution is 2.36. The van der Waals surface area contributed by atoms with Crippen molar-refractivity contribution in [1.82, 2.24) is 0 Å². The van der Waals surface area contributed by atoms with Gasteiger partial charge >= 0.3 is 0 Å². The van der Waals surface area contributed by atoms with Crippen molar-refractivity contribution in [2.75, 3.05) is 6.61 Å². The van der Waals surface area contributed by atoms with Gasteiger partial charge in [0.1, 0.15) is 12.4 Å². The standard InChI is InChI=1S/C9H7Cl2IO/c10-6-1-5-2-7(12)4-13-9(5)8(11)3-6/h1,3,7H,2,4H2/t7-/m1/s1. The molecule has 1 aromatic carbocycles. The Balaban J connectivity index is 2.47. The minimum atomic E-state index is 0.514. The molecule has 0 saturated heterocycles. The first kappa shape index (κ1) is 9.87. The second kappa shape index (κ2) is 3.83. The van der Waals surface area contributed by atoms with Gasteiger partial charge in [0.15, 0.2) is 0 Å². The summed E-state index contributed by atoms with van der Waals surface area (Å²) in [6, 6.07) is 3.64. The fraction of sp³-hybridized carbons (Fsp3) is 0.333. The molecule has 1 atom stereocenters. The molecule has 1 heterocycles. The van der Waals surface area contributed by atoms with Crippen LogP contribution in [0, 0.1) is 0 Å². The summed E-state index contributed by atoms with van der Waals surface area (Å²) in [6.07, 6.45) is 0.982. The number of hydrogen-bond acceptors (Lipinski definition) is 1. The van der Waals surface area contributed by atoms with Gasteiger partial charge in [-0.05, 0) is 24.1 Å². The van der Waals surface area contributed by atoms with E-state index in [2.05, 4.69) is 22.6 Å². The molecule has 0 bridgehead atoms. The first-order valence-corrected chi connectivity index (χ1v) is 5.92. The molecule has 0 amide bonds. The van der Waals surface area contributed by atoms with Gasteiger partial charge in [-0.3, -0.25) is 0 Å². The molecule has 4 heteroatoms. The molecule has 0 N–H and O–H groups in total. The molecular formula is C9H7Cl2IO. The van der Waals surface area contributed by atoms with Crippen molar-refractivity contribution in [3.8, 4) is 5.75 Å². The molecule has 1 nitrogen and oxygen atoms in total. The average molecular weight is 329 g/mol. The van der Waals surface area contributed by atoms with Gasteiger partial charge in [-0.15, -0.1) is 0 Å². The maximum atomic E-state index is 5.98. The minimum Gasteiger partial charge on any atom is -0.491 e. The zero-order valence-corrected chi connectivity index (χ0v) is 10.4. The summed E-state index contributed by atoms with van der Waals surface area (Å²) >= 11 is 14.2. The number of ether oxygens (including phenoxy) is 1. The van der Waals surface area contributed by atoms with E-state index in [1.807, 2.05) is 6.07 Å². The van der Waals surface area contributed by atoms with E-state index in [0.29, 0.717) is 14.0 Å². The molecule has 0 radical (unpaired) electrons. The summed E-state index contributed by atoms with van der Waals surface area (Å²) in [7, 11) is 0. The van der Waals surface area contributed by atoms with Crippen LogP contribution in [-0.2, 0) is 6.42 Å². The van der Waals surface area contributed by atoms with Gasteiger partial charge in [0.25, 0.3) is 0 Å². The topological polar surface area (TPSA) is 9.23 Å². The van der Waals surface area contributed by atoms with Crippen LogP contribution in [0.1, 0.15) is 5.56 Å². The van der Waals surface area contributed by atoms with Crippen molar-refractivity contribution >= 4 is 45.8 Å². The summed E-state index contributed by atoms with van der Waals surface area (Å²) in [5, 5.41) is 1.30. The van der Waals surface area contributed by atoms with E-state index in [9.17, 15) is 0 Å². The van der Waals surface area contributed by atoms with Gasteiger partial charge < -0.3 is 4.74 Å². The van der Waals surface area contributed by atoms with Crippen molar-refractivity contribution in [2.45, 2.75) is 10.3 Å². The number of benzene rings is 1. The number of alkyl halides is 1. The van der Waals surface area contributed by atoms with E-state index < -0.39 is 0 Å². The van der Waals surface area contributed by atoms with E-state index in [1.165, 1.54) is 0 Å². The van der Waals surface area contributed by atoms with Crippen molar-refractivity contribution in [2.24, 2.45) is 0 Å². The molecule has 2 rings (SSSR count). The molecule has 0 spiro atoms. The third-order valence-electron chi connectivity index (χ3n) is 1.94. The summed E-state index contributed by atoms with van der Waals surface area (Å²) < 4.78 is 6.04. The predicted octanol–water partition coefficient (Wildman–Crippen LogP) is 3.73. The van der Waals surface area contributed by atoms with Crippen LogP contribution in [0.4, 0.5) is 0 Å². The second-order valence-electron chi connectivity index (χ2n) is 2.99. The Morgan fingerprint density at radius 1 is 1.38 bits per heavy atom. The van der Waals surface area contributed by atoms with Crippen molar-refractivity contribution in [3.63, 3.8) is 0 Å². The predicted molar refractivity (Wildman–Crippen MR) is 63.5 cm³/mol. The minimum absolute atomic E-state index is 0.514. The number of halogens is 3. The molecule has 0 aliphatic carbocycles. The van der Waals surface area contributed by atoms with Gasteiger partial charge in [0.05, 0.1) is 5.02 Å². The van der Waals surface area contributed by atoms with Crippen LogP contribution < -0.4 is 4.74 Å². The Morgan fingerprint density at radius 2 is 2.15 bits per heavy atom. The molecule has 13 heavy (non-hydrogen) atoms. The number of rotatable bonds is 0. The zero-order valence-electron chi connectivity index (χ0n) is 6.69. The number of fused-ring (bicyclic) bond motifs is 1. The lowest BCUT2D eigenvalue weighted by Gasteiger charge is -2.22. The Hall–Kier alpha value is 0.330. The molecule has 0 aromatic heterocycles. The smallest absolute Gasteiger partial charge is 0.141 e. The van der Waals surface area contributed by atoms with E-state index in [4.69, 9.17) is 27.9 Å². The second-order valence-corrected chi connectivity index (χ2v) is 5.59.